The molecule has 0 fully saturated rings. The fourth-order valence-electron chi connectivity index (χ4n) is 1.77. The maximum atomic E-state index is 13.1. The smallest absolute Gasteiger partial charge is 0.123 e. The van der Waals surface area contributed by atoms with Gasteiger partial charge in [0.2, 0.25) is 0 Å². The lowest BCUT2D eigenvalue weighted by Gasteiger charge is -2.11. The monoisotopic (exact) mass is 247 g/mol. The van der Waals surface area contributed by atoms with Crippen LogP contribution in [-0.2, 0) is 13.1 Å². The molecule has 0 aliphatic carbocycles. The van der Waals surface area contributed by atoms with Gasteiger partial charge in [0, 0.05) is 18.8 Å². The molecule has 1 N–H and O–H groups in total. The molecule has 2 aromatic rings. The molecule has 2 rings (SSSR count). The Kier molecular flexibility index (Phi) is 4.10. The van der Waals surface area contributed by atoms with Gasteiger partial charge in [-0.05, 0) is 23.8 Å². The first kappa shape index (κ1) is 12.8. The van der Waals surface area contributed by atoms with Gasteiger partial charge in [0.15, 0.2) is 0 Å². The summed E-state index contributed by atoms with van der Waals surface area (Å²) in [5.41, 5.74) is 2.03. The number of hydrogen-bond donors (Lipinski definition) is 1. The number of nitrogens with zero attached hydrogens (tertiary/aromatic N) is 2. The molecule has 0 atom stereocenters. The molecule has 0 bridgehead atoms. The largest absolute Gasteiger partial charge is 0.309 e. The second kappa shape index (κ2) is 5.78. The average Bonchev–Trinajstić information content (AvgIpc) is 2.74. The highest BCUT2D eigenvalue weighted by atomic mass is 19.1. The van der Waals surface area contributed by atoms with E-state index in [4.69, 9.17) is 0 Å². The van der Waals surface area contributed by atoms with Crippen LogP contribution in [-0.4, -0.2) is 15.8 Å². The van der Waals surface area contributed by atoms with Gasteiger partial charge in [0.1, 0.15) is 5.82 Å². The predicted octanol–water partition coefficient (Wildman–Crippen LogP) is 2.57. The fraction of sp³-hybridized carbons (Fsp3) is 0.357. The van der Waals surface area contributed by atoms with Gasteiger partial charge in [-0.3, -0.25) is 4.68 Å². The van der Waals surface area contributed by atoms with Gasteiger partial charge < -0.3 is 5.32 Å². The Labute approximate surface area is 107 Å². The molecule has 18 heavy (non-hydrogen) atoms. The number of nitrogens with one attached hydrogen (secondary N) is 1. The molecule has 0 spiro atoms. The van der Waals surface area contributed by atoms with Gasteiger partial charge in [-0.1, -0.05) is 26.0 Å². The lowest BCUT2D eigenvalue weighted by molar-refractivity contribution is 0.546. The van der Waals surface area contributed by atoms with Crippen molar-refractivity contribution in [3.8, 4) is 0 Å². The lowest BCUT2D eigenvalue weighted by atomic mass is 10.2. The first-order valence-electron chi connectivity index (χ1n) is 6.13. The maximum absolute atomic E-state index is 13.1. The molecule has 1 aromatic heterocycles. The highest BCUT2D eigenvalue weighted by Gasteiger charge is 2.04. The molecular formula is C14H18FN3. The van der Waals surface area contributed by atoms with Crippen molar-refractivity contribution in [1.29, 1.82) is 0 Å². The van der Waals surface area contributed by atoms with Crippen LogP contribution in [0.25, 0.3) is 0 Å². The van der Waals surface area contributed by atoms with Crippen LogP contribution in [0.1, 0.15) is 25.1 Å². The molecule has 0 aliphatic rings. The summed E-state index contributed by atoms with van der Waals surface area (Å²) in [6, 6.07) is 9.04. The number of aromatic nitrogens is 2. The second-order valence-electron chi connectivity index (χ2n) is 4.65. The molecule has 1 aromatic carbocycles. The van der Waals surface area contributed by atoms with Crippen molar-refractivity contribution in [2.75, 3.05) is 0 Å². The molecule has 96 valence electrons. The first-order valence-corrected chi connectivity index (χ1v) is 6.13. The van der Waals surface area contributed by atoms with E-state index in [-0.39, 0.29) is 5.82 Å². The third kappa shape index (κ3) is 3.40. The normalized spacial score (nSPS) is 11.1. The van der Waals surface area contributed by atoms with Crippen LogP contribution >= 0.6 is 0 Å². The second-order valence-corrected chi connectivity index (χ2v) is 4.65. The quantitative estimate of drug-likeness (QED) is 0.880. The minimum Gasteiger partial charge on any atom is -0.309 e. The van der Waals surface area contributed by atoms with E-state index in [1.807, 2.05) is 16.8 Å². The van der Waals surface area contributed by atoms with Crippen LogP contribution in [0.2, 0.25) is 0 Å². The Morgan fingerprint density at radius 3 is 2.89 bits per heavy atom. The molecule has 1 heterocycles. The summed E-state index contributed by atoms with van der Waals surface area (Å²) in [6.45, 7) is 5.58. The Morgan fingerprint density at radius 1 is 1.33 bits per heavy atom. The molecular weight excluding hydrogens is 229 g/mol. The van der Waals surface area contributed by atoms with Gasteiger partial charge in [-0.25, -0.2) is 4.39 Å². The number of benzene rings is 1. The number of rotatable bonds is 5. The molecule has 4 heteroatoms. The van der Waals surface area contributed by atoms with E-state index in [0.29, 0.717) is 12.6 Å². The van der Waals surface area contributed by atoms with Crippen molar-refractivity contribution >= 4 is 0 Å². The Hall–Kier alpha value is -1.68. The van der Waals surface area contributed by atoms with Gasteiger partial charge in [0.25, 0.3) is 0 Å². The topological polar surface area (TPSA) is 29.9 Å². The lowest BCUT2D eigenvalue weighted by Crippen LogP contribution is -2.23. The summed E-state index contributed by atoms with van der Waals surface area (Å²) in [7, 11) is 0. The van der Waals surface area contributed by atoms with E-state index in [1.165, 1.54) is 6.07 Å². The highest BCUT2D eigenvalue weighted by Crippen LogP contribution is 2.08. The molecule has 0 amide bonds. The maximum Gasteiger partial charge on any atom is 0.123 e. The van der Waals surface area contributed by atoms with Crippen molar-refractivity contribution < 1.29 is 4.39 Å². The van der Waals surface area contributed by atoms with Crippen LogP contribution in [0.3, 0.4) is 0 Å². The van der Waals surface area contributed by atoms with E-state index in [2.05, 4.69) is 24.3 Å². The van der Waals surface area contributed by atoms with E-state index >= 15 is 0 Å². The van der Waals surface area contributed by atoms with E-state index < -0.39 is 0 Å². The summed E-state index contributed by atoms with van der Waals surface area (Å²) < 4.78 is 15.0. The minimum absolute atomic E-state index is 0.207. The van der Waals surface area contributed by atoms with Gasteiger partial charge in [0.05, 0.1) is 12.2 Å². The van der Waals surface area contributed by atoms with Crippen molar-refractivity contribution in [2.24, 2.45) is 0 Å². The molecule has 3 nitrogen and oxygen atoms in total. The van der Waals surface area contributed by atoms with Gasteiger partial charge >= 0.3 is 0 Å². The summed E-state index contributed by atoms with van der Waals surface area (Å²) >= 11 is 0. The zero-order valence-electron chi connectivity index (χ0n) is 10.7. The van der Waals surface area contributed by atoms with Crippen molar-refractivity contribution in [1.82, 2.24) is 15.1 Å². The zero-order chi connectivity index (χ0) is 13.0. The van der Waals surface area contributed by atoms with E-state index in [9.17, 15) is 4.39 Å². The highest BCUT2D eigenvalue weighted by molar-refractivity contribution is 5.17. The number of hydrogen-bond acceptors (Lipinski definition) is 2. The first-order chi connectivity index (χ1) is 8.65. The van der Waals surface area contributed by atoms with Crippen LogP contribution in [0.5, 0.6) is 0 Å². The van der Waals surface area contributed by atoms with Gasteiger partial charge in [-0.15, -0.1) is 0 Å². The van der Waals surface area contributed by atoms with Crippen molar-refractivity contribution in [3.05, 3.63) is 53.6 Å². The predicted molar refractivity (Wildman–Crippen MR) is 69.7 cm³/mol. The third-order valence-electron chi connectivity index (χ3n) is 2.72. The van der Waals surface area contributed by atoms with Crippen molar-refractivity contribution in [3.63, 3.8) is 0 Å². The Morgan fingerprint density at radius 2 is 2.17 bits per heavy atom. The molecule has 0 unspecified atom stereocenters. The van der Waals surface area contributed by atoms with Crippen LogP contribution < -0.4 is 5.32 Å². The van der Waals surface area contributed by atoms with E-state index in [1.54, 1.807) is 18.3 Å². The van der Waals surface area contributed by atoms with Crippen molar-refractivity contribution in [2.45, 2.75) is 33.0 Å². The molecule has 0 radical (unpaired) electrons. The van der Waals surface area contributed by atoms with Gasteiger partial charge in [-0.2, -0.15) is 5.10 Å². The summed E-state index contributed by atoms with van der Waals surface area (Å²) in [6.07, 6.45) is 1.77. The zero-order valence-corrected chi connectivity index (χ0v) is 10.7. The molecule has 0 saturated heterocycles. The summed E-state index contributed by atoms with van der Waals surface area (Å²) in [5, 5.41) is 7.62. The SMILES string of the molecule is CC(C)NCc1ccnn1Cc1cccc(F)c1. The summed E-state index contributed by atoms with van der Waals surface area (Å²) in [4.78, 5) is 0. The van der Waals surface area contributed by atoms with Crippen LogP contribution in [0.15, 0.2) is 36.5 Å². The number of halogens is 1. The van der Waals surface area contributed by atoms with Crippen LogP contribution in [0.4, 0.5) is 4.39 Å². The average molecular weight is 247 g/mol. The third-order valence-corrected chi connectivity index (χ3v) is 2.72. The Bertz CT molecular complexity index is 505. The van der Waals surface area contributed by atoms with Crippen LogP contribution in [0, 0.1) is 5.82 Å². The Balaban J connectivity index is 2.07. The standard InChI is InChI=1S/C14H18FN3/c1-11(2)16-9-14-6-7-17-18(14)10-12-4-3-5-13(15)8-12/h3-8,11,16H,9-10H2,1-2H3. The summed E-state index contributed by atoms with van der Waals surface area (Å²) in [5.74, 6) is -0.207. The minimum atomic E-state index is -0.207. The van der Waals surface area contributed by atoms with E-state index in [0.717, 1.165) is 17.8 Å². The fourth-order valence-corrected chi connectivity index (χ4v) is 1.77. The molecule has 0 saturated carbocycles. The molecule has 0 aliphatic heterocycles.